The van der Waals surface area contributed by atoms with Crippen molar-refractivity contribution in [3.8, 4) is 28.4 Å². The fraction of sp³-hybridized carbons (Fsp3) is 0.0870. The number of alkyl halides is 3. The molecule has 0 fully saturated rings. The molecule has 2 N–H and O–H groups in total. The van der Waals surface area contributed by atoms with Crippen LogP contribution in [-0.4, -0.2) is 26.3 Å². The normalized spacial score (nSPS) is 11.6. The van der Waals surface area contributed by atoms with E-state index in [1.165, 1.54) is 29.5 Å². The van der Waals surface area contributed by atoms with Gasteiger partial charge in [-0.1, -0.05) is 12.1 Å². The third-order valence-electron chi connectivity index (χ3n) is 4.87. The number of hydrogen-bond acceptors (Lipinski definition) is 6. The molecule has 0 atom stereocenters. The number of rotatable bonds is 5. The Labute approximate surface area is 190 Å². The molecule has 0 aliphatic rings. The third-order valence-corrected chi connectivity index (χ3v) is 5.63. The maximum atomic E-state index is 12.5. The predicted octanol–water partition coefficient (Wildman–Crippen LogP) is 6.70. The number of nitrogens with zero attached hydrogens (tertiary/aromatic N) is 3. The van der Waals surface area contributed by atoms with E-state index >= 15 is 0 Å². The SMILES string of the molecule is Cc1cc2[nH]c(-c3cccc(OC(F)(F)F)c3)nc2cc1Nc1nc(-c2cccnc2)cs1. The minimum absolute atomic E-state index is 0.299. The van der Waals surface area contributed by atoms with Crippen molar-refractivity contribution in [3.05, 3.63) is 71.9 Å². The summed E-state index contributed by atoms with van der Waals surface area (Å²) in [7, 11) is 0. The Balaban J connectivity index is 1.42. The minimum atomic E-state index is -4.75. The maximum Gasteiger partial charge on any atom is 0.573 e. The largest absolute Gasteiger partial charge is 0.573 e. The standard InChI is InChI=1S/C23H16F3N5OS/c1-13-8-18-19(29-21(28-18)14-4-2-6-16(9-14)32-23(24,25)26)10-17(13)30-22-31-20(12-33-22)15-5-3-7-27-11-15/h2-12H,1H3,(H,28,29)(H,30,31). The van der Waals surface area contributed by atoms with Crippen LogP contribution >= 0.6 is 11.3 Å². The second kappa shape index (κ2) is 8.21. The van der Waals surface area contributed by atoms with Crippen LogP contribution in [0.4, 0.5) is 24.0 Å². The molecular weight excluding hydrogens is 451 g/mol. The number of benzene rings is 2. The van der Waals surface area contributed by atoms with Gasteiger partial charge in [-0.2, -0.15) is 0 Å². The summed E-state index contributed by atoms with van der Waals surface area (Å²) in [5.74, 6) is 0.148. The number of ether oxygens (including phenoxy) is 1. The average molecular weight is 467 g/mol. The van der Waals surface area contributed by atoms with E-state index in [0.717, 1.165) is 33.2 Å². The van der Waals surface area contributed by atoms with E-state index in [0.29, 0.717) is 16.9 Å². The van der Waals surface area contributed by atoms with Crippen LogP contribution in [0.2, 0.25) is 0 Å². The summed E-state index contributed by atoms with van der Waals surface area (Å²) in [6.45, 7) is 1.95. The van der Waals surface area contributed by atoms with Gasteiger partial charge >= 0.3 is 6.36 Å². The topological polar surface area (TPSA) is 75.7 Å². The van der Waals surface area contributed by atoms with E-state index in [2.05, 4.69) is 30.0 Å². The molecule has 2 aromatic carbocycles. The Morgan fingerprint density at radius 1 is 1.03 bits per heavy atom. The van der Waals surface area contributed by atoms with E-state index in [1.807, 2.05) is 36.6 Å². The number of fused-ring (bicyclic) bond motifs is 1. The van der Waals surface area contributed by atoms with Crippen molar-refractivity contribution >= 4 is 33.2 Å². The Morgan fingerprint density at radius 2 is 1.88 bits per heavy atom. The molecule has 166 valence electrons. The van der Waals surface area contributed by atoms with E-state index in [9.17, 15) is 13.2 Å². The van der Waals surface area contributed by atoms with Crippen molar-refractivity contribution < 1.29 is 17.9 Å². The molecule has 10 heteroatoms. The molecule has 0 bridgehead atoms. The Kier molecular flexibility index (Phi) is 5.21. The van der Waals surface area contributed by atoms with Crippen LogP contribution in [0, 0.1) is 6.92 Å². The van der Waals surface area contributed by atoms with Crippen LogP contribution in [0.1, 0.15) is 5.56 Å². The van der Waals surface area contributed by atoms with Gasteiger partial charge in [-0.15, -0.1) is 24.5 Å². The fourth-order valence-corrected chi connectivity index (χ4v) is 4.10. The molecule has 0 radical (unpaired) electrons. The number of thiazole rings is 1. The molecule has 0 aliphatic carbocycles. The molecule has 0 spiro atoms. The maximum absolute atomic E-state index is 12.5. The number of H-pyrrole nitrogens is 1. The highest BCUT2D eigenvalue weighted by atomic mass is 32.1. The number of aromatic amines is 1. The second-order valence-corrected chi connectivity index (χ2v) is 8.11. The minimum Gasteiger partial charge on any atom is -0.406 e. The van der Waals surface area contributed by atoms with Crippen molar-refractivity contribution in [2.45, 2.75) is 13.3 Å². The van der Waals surface area contributed by atoms with Crippen LogP contribution in [-0.2, 0) is 0 Å². The van der Waals surface area contributed by atoms with Gasteiger partial charge in [-0.25, -0.2) is 9.97 Å². The predicted molar refractivity (Wildman–Crippen MR) is 122 cm³/mol. The van der Waals surface area contributed by atoms with Gasteiger partial charge < -0.3 is 15.0 Å². The molecule has 3 aromatic heterocycles. The molecule has 0 amide bonds. The Morgan fingerprint density at radius 3 is 2.67 bits per heavy atom. The molecular formula is C23H16F3N5OS. The van der Waals surface area contributed by atoms with Crippen LogP contribution in [0.15, 0.2) is 66.3 Å². The summed E-state index contributed by atoms with van der Waals surface area (Å²) in [5, 5.41) is 6.01. The molecule has 5 aromatic rings. The van der Waals surface area contributed by atoms with Gasteiger partial charge in [0, 0.05) is 34.6 Å². The number of aromatic nitrogens is 4. The van der Waals surface area contributed by atoms with Crippen molar-refractivity contribution in [2.24, 2.45) is 0 Å². The van der Waals surface area contributed by atoms with Gasteiger partial charge in [0.25, 0.3) is 0 Å². The lowest BCUT2D eigenvalue weighted by molar-refractivity contribution is -0.274. The number of anilines is 2. The molecule has 0 aliphatic heterocycles. The van der Waals surface area contributed by atoms with Gasteiger partial charge in [-0.3, -0.25) is 4.98 Å². The third kappa shape index (κ3) is 4.65. The molecule has 3 heterocycles. The Hall–Kier alpha value is -3.92. The summed E-state index contributed by atoms with van der Waals surface area (Å²) in [5.41, 5.74) is 5.49. The Bertz CT molecular complexity index is 1430. The van der Waals surface area contributed by atoms with Crippen molar-refractivity contribution in [1.82, 2.24) is 19.9 Å². The highest BCUT2D eigenvalue weighted by molar-refractivity contribution is 7.14. The molecule has 0 saturated heterocycles. The summed E-state index contributed by atoms with van der Waals surface area (Å²) >= 11 is 1.48. The van der Waals surface area contributed by atoms with Crippen LogP contribution < -0.4 is 10.1 Å². The van der Waals surface area contributed by atoms with Crippen LogP contribution in [0.5, 0.6) is 5.75 Å². The lowest BCUT2D eigenvalue weighted by Crippen LogP contribution is -2.17. The highest BCUT2D eigenvalue weighted by Gasteiger charge is 2.31. The zero-order chi connectivity index (χ0) is 23.0. The first-order chi connectivity index (χ1) is 15.8. The first-order valence-corrected chi connectivity index (χ1v) is 10.7. The number of hydrogen-bond donors (Lipinski definition) is 2. The number of nitrogens with one attached hydrogen (secondary N) is 2. The van der Waals surface area contributed by atoms with E-state index < -0.39 is 6.36 Å². The van der Waals surface area contributed by atoms with Crippen molar-refractivity contribution in [1.29, 1.82) is 0 Å². The molecule has 6 nitrogen and oxygen atoms in total. The molecule has 33 heavy (non-hydrogen) atoms. The first kappa shape index (κ1) is 21.0. The van der Waals surface area contributed by atoms with Crippen molar-refractivity contribution in [2.75, 3.05) is 5.32 Å². The van der Waals surface area contributed by atoms with Gasteiger partial charge in [-0.05, 0) is 48.9 Å². The summed E-state index contributed by atoms with van der Waals surface area (Å²) in [4.78, 5) is 16.5. The lowest BCUT2D eigenvalue weighted by atomic mass is 10.2. The number of pyridine rings is 1. The van der Waals surface area contributed by atoms with E-state index in [1.54, 1.807) is 18.5 Å². The summed E-state index contributed by atoms with van der Waals surface area (Å²) in [6.07, 6.45) is -1.28. The number of halogens is 3. The van der Waals surface area contributed by atoms with Gasteiger partial charge in [0.1, 0.15) is 11.6 Å². The summed E-state index contributed by atoms with van der Waals surface area (Å²) < 4.78 is 41.7. The second-order valence-electron chi connectivity index (χ2n) is 7.25. The zero-order valence-corrected chi connectivity index (χ0v) is 18.0. The smallest absolute Gasteiger partial charge is 0.406 e. The number of imidazole rings is 1. The summed E-state index contributed by atoms with van der Waals surface area (Å²) in [6, 6.07) is 13.3. The van der Waals surface area contributed by atoms with Gasteiger partial charge in [0.05, 0.1) is 16.7 Å². The first-order valence-electron chi connectivity index (χ1n) is 9.83. The van der Waals surface area contributed by atoms with E-state index in [4.69, 9.17) is 0 Å². The monoisotopic (exact) mass is 467 g/mol. The quantitative estimate of drug-likeness (QED) is 0.301. The van der Waals surface area contributed by atoms with Crippen LogP contribution in [0.25, 0.3) is 33.7 Å². The highest BCUT2D eigenvalue weighted by Crippen LogP contribution is 2.32. The number of aryl methyl sites for hydroxylation is 1. The van der Waals surface area contributed by atoms with Gasteiger partial charge in [0.15, 0.2) is 5.13 Å². The molecule has 0 unspecified atom stereocenters. The molecule has 5 rings (SSSR count). The molecule has 0 saturated carbocycles. The fourth-order valence-electron chi connectivity index (χ4n) is 3.37. The van der Waals surface area contributed by atoms with Gasteiger partial charge in [0.2, 0.25) is 0 Å². The van der Waals surface area contributed by atoms with Crippen molar-refractivity contribution in [3.63, 3.8) is 0 Å². The zero-order valence-electron chi connectivity index (χ0n) is 17.1. The van der Waals surface area contributed by atoms with E-state index in [-0.39, 0.29) is 5.75 Å². The average Bonchev–Trinajstić information content (AvgIpc) is 3.41. The van der Waals surface area contributed by atoms with Crippen LogP contribution in [0.3, 0.4) is 0 Å². The lowest BCUT2D eigenvalue weighted by Gasteiger charge is -2.09.